The van der Waals surface area contributed by atoms with Gasteiger partial charge in [-0.25, -0.2) is 0 Å². The molecule has 0 aromatic carbocycles. The number of aliphatic hydroxyl groups is 1. The predicted molar refractivity (Wildman–Crippen MR) is 67.4 cm³/mol. The Morgan fingerprint density at radius 3 is 2.62 bits per heavy atom. The molecule has 0 spiro atoms. The molecule has 1 saturated heterocycles. The zero-order valence-corrected chi connectivity index (χ0v) is 12.0. The van der Waals surface area contributed by atoms with Crippen molar-refractivity contribution in [2.24, 2.45) is 0 Å². The number of carbonyl (C=O) groups excluding carboxylic acids is 1. The van der Waals surface area contributed by atoms with Gasteiger partial charge in [0.2, 0.25) is 5.91 Å². The van der Waals surface area contributed by atoms with Gasteiger partial charge < -0.3 is 19.9 Å². The van der Waals surface area contributed by atoms with Crippen molar-refractivity contribution < 1.29 is 19.4 Å². The van der Waals surface area contributed by atoms with Gasteiger partial charge >= 0.3 is 0 Å². The van der Waals surface area contributed by atoms with Crippen LogP contribution in [0.1, 0.15) is 20.8 Å². The largest absolute Gasteiger partial charge is 0.387 e. The summed E-state index contributed by atoms with van der Waals surface area (Å²) < 4.78 is 10.5. The van der Waals surface area contributed by atoms with Gasteiger partial charge in [-0.15, -0.1) is 0 Å². The van der Waals surface area contributed by atoms with Gasteiger partial charge in [-0.1, -0.05) is 22.6 Å². The molecule has 94 valence electrons. The molecule has 0 radical (unpaired) electrons. The first-order valence-electron chi connectivity index (χ1n) is 5.12. The van der Waals surface area contributed by atoms with Crippen LogP contribution in [0.25, 0.3) is 0 Å². The van der Waals surface area contributed by atoms with E-state index in [1.54, 1.807) is 6.92 Å². The van der Waals surface area contributed by atoms with Crippen LogP contribution in [-0.2, 0) is 14.3 Å². The molecular formula is C10H18INO4. The minimum atomic E-state index is -1.06. The van der Waals surface area contributed by atoms with Gasteiger partial charge in [0.15, 0.2) is 6.29 Å². The maximum Gasteiger partial charge on any atom is 0.217 e. The maximum absolute atomic E-state index is 11.1. The highest BCUT2D eigenvalue weighted by molar-refractivity contribution is 14.1. The summed E-state index contributed by atoms with van der Waals surface area (Å²) in [5.74, 6) is -0.180. The van der Waals surface area contributed by atoms with Gasteiger partial charge in [0, 0.05) is 14.0 Å². The molecule has 1 aliphatic heterocycles. The van der Waals surface area contributed by atoms with E-state index in [-0.39, 0.29) is 15.9 Å². The Hall–Kier alpha value is 0.0800. The summed E-state index contributed by atoms with van der Waals surface area (Å²) in [6, 6.07) is -0.432. The van der Waals surface area contributed by atoms with Crippen LogP contribution in [0.15, 0.2) is 0 Å². The minimum Gasteiger partial charge on any atom is -0.387 e. The summed E-state index contributed by atoms with van der Waals surface area (Å²) in [5.41, 5.74) is -1.06. The molecule has 0 aromatic rings. The monoisotopic (exact) mass is 343 g/mol. The fourth-order valence-electron chi connectivity index (χ4n) is 1.94. The highest BCUT2D eigenvalue weighted by atomic mass is 127. The van der Waals surface area contributed by atoms with E-state index in [0.717, 1.165) is 0 Å². The fourth-order valence-corrected chi connectivity index (χ4v) is 2.79. The van der Waals surface area contributed by atoms with Gasteiger partial charge in [0.05, 0.1) is 16.1 Å². The average molecular weight is 343 g/mol. The van der Waals surface area contributed by atoms with Crippen molar-refractivity contribution in [1.82, 2.24) is 5.32 Å². The van der Waals surface area contributed by atoms with Crippen molar-refractivity contribution in [3.8, 4) is 0 Å². The number of rotatable bonds is 2. The van der Waals surface area contributed by atoms with Gasteiger partial charge in [-0.3, -0.25) is 4.79 Å². The lowest BCUT2D eigenvalue weighted by Crippen LogP contribution is -2.67. The SMILES string of the molecule is CO[C@@H]1O[C@@H](C)[C@H](NC(C)=O)[C@@](C)(O)[C@H]1I. The van der Waals surface area contributed by atoms with Crippen LogP contribution in [0.2, 0.25) is 0 Å². The van der Waals surface area contributed by atoms with Crippen LogP contribution >= 0.6 is 22.6 Å². The second-order valence-electron chi connectivity index (χ2n) is 4.25. The topological polar surface area (TPSA) is 67.8 Å². The molecule has 1 aliphatic rings. The van der Waals surface area contributed by atoms with E-state index in [2.05, 4.69) is 27.9 Å². The Morgan fingerprint density at radius 1 is 1.62 bits per heavy atom. The number of carbonyl (C=O) groups is 1. The summed E-state index contributed by atoms with van der Waals surface area (Å²) in [4.78, 5) is 11.1. The Labute approximate surface area is 109 Å². The molecule has 5 nitrogen and oxygen atoms in total. The lowest BCUT2D eigenvalue weighted by Gasteiger charge is -2.47. The van der Waals surface area contributed by atoms with E-state index in [9.17, 15) is 9.90 Å². The van der Waals surface area contributed by atoms with Crippen LogP contribution in [0.3, 0.4) is 0 Å². The van der Waals surface area contributed by atoms with E-state index in [1.165, 1.54) is 14.0 Å². The molecule has 5 atom stereocenters. The number of amides is 1. The Kier molecular flexibility index (Phi) is 4.56. The van der Waals surface area contributed by atoms with Crippen molar-refractivity contribution in [2.45, 2.75) is 48.7 Å². The summed E-state index contributed by atoms with van der Waals surface area (Å²) in [5, 5.41) is 13.2. The molecule has 0 bridgehead atoms. The highest BCUT2D eigenvalue weighted by Gasteiger charge is 2.51. The molecule has 1 amide bonds. The molecule has 16 heavy (non-hydrogen) atoms. The second kappa shape index (κ2) is 5.16. The number of hydrogen-bond acceptors (Lipinski definition) is 4. The number of nitrogens with one attached hydrogen (secondary N) is 1. The molecule has 0 aromatic heterocycles. The van der Waals surface area contributed by atoms with Gasteiger partial charge in [0.25, 0.3) is 0 Å². The zero-order chi connectivity index (χ0) is 12.5. The van der Waals surface area contributed by atoms with E-state index in [1.807, 2.05) is 6.92 Å². The molecule has 2 N–H and O–H groups in total. The van der Waals surface area contributed by atoms with Crippen LogP contribution in [-0.4, -0.2) is 46.1 Å². The number of methoxy groups -OCH3 is 1. The summed E-state index contributed by atoms with van der Waals surface area (Å²) >= 11 is 2.08. The number of alkyl halides is 1. The predicted octanol–water partition coefficient (Wildman–Crippen LogP) is 0.437. The van der Waals surface area contributed by atoms with Crippen LogP contribution in [0, 0.1) is 0 Å². The number of hydrogen-bond donors (Lipinski definition) is 2. The summed E-state index contributed by atoms with van der Waals surface area (Å²) in [6.07, 6.45) is -0.759. The molecule has 1 fully saturated rings. The molecule has 0 saturated carbocycles. The standard InChI is InChI=1S/C10H18INO4/c1-5-8(12-6(2)13)10(3,14)7(11)9(15-4)16-5/h5,7-9,14H,1-4H3,(H,12,13)/t5-,7-,8-,9+,10-/m0/s1. The van der Waals surface area contributed by atoms with Crippen molar-refractivity contribution in [2.75, 3.05) is 7.11 Å². The highest BCUT2D eigenvalue weighted by Crippen LogP contribution is 2.34. The summed E-state index contributed by atoms with van der Waals surface area (Å²) in [7, 11) is 1.54. The molecule has 0 unspecified atom stereocenters. The quantitative estimate of drug-likeness (QED) is 0.564. The van der Waals surface area contributed by atoms with Gasteiger partial charge in [0.1, 0.15) is 5.60 Å². The van der Waals surface area contributed by atoms with Crippen molar-refractivity contribution in [1.29, 1.82) is 0 Å². The Bertz CT molecular complexity index is 272. The first-order chi connectivity index (χ1) is 7.30. The Morgan fingerprint density at radius 2 is 2.19 bits per heavy atom. The van der Waals surface area contributed by atoms with Crippen molar-refractivity contribution >= 4 is 28.5 Å². The Balaban J connectivity index is 2.89. The second-order valence-corrected chi connectivity index (χ2v) is 5.59. The lowest BCUT2D eigenvalue weighted by molar-refractivity contribution is -0.225. The molecule has 6 heteroatoms. The van der Waals surface area contributed by atoms with Gasteiger partial charge in [-0.05, 0) is 13.8 Å². The van der Waals surface area contributed by atoms with E-state index in [0.29, 0.717) is 0 Å². The van der Waals surface area contributed by atoms with Crippen LogP contribution in [0.5, 0.6) is 0 Å². The van der Waals surface area contributed by atoms with Crippen LogP contribution in [0.4, 0.5) is 0 Å². The molecule has 1 rings (SSSR count). The summed E-state index contributed by atoms with van der Waals surface area (Å²) in [6.45, 7) is 4.92. The normalized spacial score (nSPS) is 44.1. The van der Waals surface area contributed by atoms with Crippen molar-refractivity contribution in [3.63, 3.8) is 0 Å². The first-order valence-corrected chi connectivity index (χ1v) is 6.37. The lowest BCUT2D eigenvalue weighted by atomic mass is 9.86. The number of halogens is 1. The molecule has 0 aliphatic carbocycles. The minimum absolute atomic E-state index is 0.180. The van der Waals surface area contributed by atoms with E-state index >= 15 is 0 Å². The maximum atomic E-state index is 11.1. The van der Waals surface area contributed by atoms with Gasteiger partial charge in [-0.2, -0.15) is 0 Å². The smallest absolute Gasteiger partial charge is 0.217 e. The molecule has 1 heterocycles. The van der Waals surface area contributed by atoms with Crippen molar-refractivity contribution in [3.05, 3.63) is 0 Å². The third kappa shape index (κ3) is 2.66. The average Bonchev–Trinajstić information content (AvgIpc) is 2.18. The zero-order valence-electron chi connectivity index (χ0n) is 9.86. The first kappa shape index (κ1) is 14.1. The number of ether oxygens (including phenoxy) is 2. The molecular weight excluding hydrogens is 325 g/mol. The van der Waals surface area contributed by atoms with E-state index in [4.69, 9.17) is 9.47 Å². The fraction of sp³-hybridized carbons (Fsp3) is 0.900. The third-order valence-electron chi connectivity index (χ3n) is 2.84. The third-order valence-corrected chi connectivity index (χ3v) is 4.68. The van der Waals surface area contributed by atoms with Crippen LogP contribution < -0.4 is 5.32 Å². The van der Waals surface area contributed by atoms with E-state index < -0.39 is 17.9 Å².